The molecule has 4 rings (SSSR count). The van der Waals surface area contributed by atoms with Crippen LogP contribution in [-0.4, -0.2) is 59.1 Å². The van der Waals surface area contributed by atoms with Gasteiger partial charge in [-0.3, -0.25) is 9.52 Å². The molecule has 10 heteroatoms. The number of nitrogens with zero attached hydrogens (tertiary/aromatic N) is 2. The number of carbonyl (C=O) groups excluding carboxylic acids is 1. The quantitative estimate of drug-likeness (QED) is 0.450. The van der Waals surface area contributed by atoms with Crippen molar-refractivity contribution in [2.24, 2.45) is 0 Å². The molecule has 1 saturated heterocycles. The van der Waals surface area contributed by atoms with E-state index < -0.39 is 10.0 Å². The number of carbonyl (C=O) groups is 1. The molecule has 196 valence electrons. The standard InChI is InChI=1S/C27H30ClN3O5S/c1-19-5-4-6-25(20(19)2)30-13-15-31(16-14-30)27(32)18-36-22-8-10-23(11-9-22)37(33,34)29-21-7-12-26(35-3)24(28)17-21/h4-12,17,29H,13-16,18H2,1-3H3. The zero-order valence-corrected chi connectivity index (χ0v) is 22.6. The number of ether oxygens (including phenoxy) is 2. The molecule has 37 heavy (non-hydrogen) atoms. The summed E-state index contributed by atoms with van der Waals surface area (Å²) in [5, 5.41) is 0.294. The fourth-order valence-electron chi connectivity index (χ4n) is 4.17. The van der Waals surface area contributed by atoms with Crippen LogP contribution in [0.2, 0.25) is 5.02 Å². The van der Waals surface area contributed by atoms with E-state index in [4.69, 9.17) is 21.1 Å². The molecule has 0 bridgehead atoms. The Morgan fingerprint density at radius 2 is 1.70 bits per heavy atom. The van der Waals surface area contributed by atoms with Crippen LogP contribution in [0.4, 0.5) is 11.4 Å². The second-order valence-corrected chi connectivity index (χ2v) is 10.9. The van der Waals surface area contributed by atoms with Crippen molar-refractivity contribution in [3.8, 4) is 11.5 Å². The van der Waals surface area contributed by atoms with Crippen LogP contribution in [0.1, 0.15) is 11.1 Å². The van der Waals surface area contributed by atoms with Gasteiger partial charge >= 0.3 is 0 Å². The van der Waals surface area contributed by atoms with Gasteiger partial charge in [0.05, 0.1) is 22.7 Å². The second-order valence-electron chi connectivity index (χ2n) is 8.80. The van der Waals surface area contributed by atoms with Gasteiger partial charge in [0.25, 0.3) is 15.9 Å². The molecule has 1 aliphatic heterocycles. The molecule has 0 aliphatic carbocycles. The van der Waals surface area contributed by atoms with Crippen molar-refractivity contribution in [1.29, 1.82) is 0 Å². The van der Waals surface area contributed by atoms with Crippen molar-refractivity contribution in [3.05, 3.63) is 76.8 Å². The normalized spacial score (nSPS) is 13.8. The molecule has 0 radical (unpaired) electrons. The largest absolute Gasteiger partial charge is 0.495 e. The maximum Gasteiger partial charge on any atom is 0.261 e. The van der Waals surface area contributed by atoms with Crippen LogP contribution < -0.4 is 19.1 Å². The van der Waals surface area contributed by atoms with E-state index in [0.717, 1.165) is 13.1 Å². The zero-order chi connectivity index (χ0) is 26.6. The lowest BCUT2D eigenvalue weighted by Crippen LogP contribution is -2.50. The van der Waals surface area contributed by atoms with E-state index in [1.54, 1.807) is 17.0 Å². The van der Waals surface area contributed by atoms with Gasteiger partial charge in [-0.2, -0.15) is 0 Å². The molecule has 0 aromatic heterocycles. The summed E-state index contributed by atoms with van der Waals surface area (Å²) >= 11 is 6.08. The van der Waals surface area contributed by atoms with E-state index in [0.29, 0.717) is 35.3 Å². The van der Waals surface area contributed by atoms with Crippen molar-refractivity contribution >= 4 is 38.9 Å². The van der Waals surface area contributed by atoms with Gasteiger partial charge in [-0.15, -0.1) is 0 Å². The topological polar surface area (TPSA) is 88.2 Å². The van der Waals surface area contributed by atoms with Crippen molar-refractivity contribution < 1.29 is 22.7 Å². The van der Waals surface area contributed by atoms with Crippen LogP contribution in [0.25, 0.3) is 0 Å². The molecule has 3 aromatic rings. The van der Waals surface area contributed by atoms with E-state index in [2.05, 4.69) is 41.7 Å². The molecule has 1 heterocycles. The Morgan fingerprint density at radius 3 is 2.35 bits per heavy atom. The van der Waals surface area contributed by atoms with Crippen LogP contribution in [0.3, 0.4) is 0 Å². The Kier molecular flexibility index (Phi) is 8.14. The summed E-state index contributed by atoms with van der Waals surface area (Å²) in [6.07, 6.45) is 0. The highest BCUT2D eigenvalue weighted by Gasteiger charge is 2.23. The minimum absolute atomic E-state index is 0.0562. The molecular weight excluding hydrogens is 514 g/mol. The van der Waals surface area contributed by atoms with Gasteiger partial charge in [-0.05, 0) is 73.5 Å². The fourth-order valence-corrected chi connectivity index (χ4v) is 5.48. The first-order chi connectivity index (χ1) is 17.7. The highest BCUT2D eigenvalue weighted by Crippen LogP contribution is 2.29. The number of hydrogen-bond acceptors (Lipinski definition) is 6. The number of amides is 1. The molecule has 0 unspecified atom stereocenters. The average Bonchev–Trinajstić information content (AvgIpc) is 2.89. The number of halogens is 1. The summed E-state index contributed by atoms with van der Waals surface area (Å²) in [4.78, 5) is 16.9. The summed E-state index contributed by atoms with van der Waals surface area (Å²) in [6, 6.07) is 16.8. The van der Waals surface area contributed by atoms with Gasteiger partial charge in [-0.1, -0.05) is 23.7 Å². The van der Waals surface area contributed by atoms with Gasteiger partial charge in [0.1, 0.15) is 11.5 Å². The molecule has 1 N–H and O–H groups in total. The fraction of sp³-hybridized carbons (Fsp3) is 0.296. The minimum Gasteiger partial charge on any atom is -0.495 e. The summed E-state index contributed by atoms with van der Waals surface area (Å²) in [7, 11) is -2.35. The van der Waals surface area contributed by atoms with Crippen molar-refractivity contribution in [2.75, 3.05) is 49.5 Å². The smallest absolute Gasteiger partial charge is 0.261 e. The number of nitrogens with one attached hydrogen (secondary N) is 1. The Bertz CT molecular complexity index is 1370. The predicted octanol–water partition coefficient (Wildman–Crippen LogP) is 4.49. The van der Waals surface area contributed by atoms with Crippen molar-refractivity contribution in [3.63, 3.8) is 0 Å². The summed E-state index contributed by atoms with van der Waals surface area (Å²) in [6.45, 7) is 6.87. The van der Waals surface area contributed by atoms with Crippen LogP contribution in [0.5, 0.6) is 11.5 Å². The average molecular weight is 544 g/mol. The highest BCUT2D eigenvalue weighted by atomic mass is 35.5. The SMILES string of the molecule is COc1ccc(NS(=O)(=O)c2ccc(OCC(=O)N3CCN(c4cccc(C)c4C)CC3)cc2)cc1Cl. The number of hydrogen-bond donors (Lipinski definition) is 1. The number of rotatable bonds is 8. The second kappa shape index (κ2) is 11.3. The van der Waals surface area contributed by atoms with Gasteiger partial charge in [0, 0.05) is 31.9 Å². The Hall–Kier alpha value is -3.43. The van der Waals surface area contributed by atoms with Crippen LogP contribution in [-0.2, 0) is 14.8 Å². The Morgan fingerprint density at radius 1 is 1.00 bits per heavy atom. The first-order valence-electron chi connectivity index (χ1n) is 11.9. The van der Waals surface area contributed by atoms with E-state index in [9.17, 15) is 13.2 Å². The number of piperazine rings is 1. The third-order valence-corrected chi connectivity index (χ3v) is 8.14. The maximum atomic E-state index is 12.7. The first-order valence-corrected chi connectivity index (χ1v) is 13.7. The lowest BCUT2D eigenvalue weighted by Gasteiger charge is -2.37. The molecule has 0 atom stereocenters. The minimum atomic E-state index is -3.83. The Labute approximate surface area is 222 Å². The highest BCUT2D eigenvalue weighted by molar-refractivity contribution is 7.92. The lowest BCUT2D eigenvalue weighted by molar-refractivity contribution is -0.133. The summed E-state index contributed by atoms with van der Waals surface area (Å²) in [5.41, 5.74) is 4.04. The van der Waals surface area contributed by atoms with Crippen LogP contribution >= 0.6 is 11.6 Å². The third-order valence-electron chi connectivity index (χ3n) is 6.45. The number of benzene rings is 3. The number of sulfonamides is 1. The molecular formula is C27H30ClN3O5S. The van der Waals surface area contributed by atoms with E-state index in [-0.39, 0.29) is 17.4 Å². The molecule has 1 amide bonds. The Balaban J connectivity index is 1.29. The summed E-state index contributed by atoms with van der Waals surface area (Å²) < 4.78 is 38.7. The van der Waals surface area contributed by atoms with Gasteiger partial charge in [0.2, 0.25) is 0 Å². The molecule has 8 nitrogen and oxygen atoms in total. The molecule has 0 saturated carbocycles. The molecule has 1 aliphatic rings. The predicted molar refractivity (Wildman–Crippen MR) is 145 cm³/mol. The van der Waals surface area contributed by atoms with Gasteiger partial charge in [0.15, 0.2) is 6.61 Å². The number of methoxy groups -OCH3 is 1. The maximum absolute atomic E-state index is 12.7. The molecule has 3 aromatic carbocycles. The van der Waals surface area contributed by atoms with E-state index in [1.807, 2.05) is 0 Å². The van der Waals surface area contributed by atoms with Crippen molar-refractivity contribution in [1.82, 2.24) is 4.90 Å². The third kappa shape index (κ3) is 6.29. The van der Waals surface area contributed by atoms with Crippen LogP contribution in [0, 0.1) is 13.8 Å². The van der Waals surface area contributed by atoms with Crippen LogP contribution in [0.15, 0.2) is 65.6 Å². The first kappa shape index (κ1) is 26.6. The van der Waals surface area contributed by atoms with Gasteiger partial charge < -0.3 is 19.3 Å². The number of anilines is 2. The zero-order valence-electron chi connectivity index (χ0n) is 21.0. The van der Waals surface area contributed by atoms with Gasteiger partial charge in [-0.25, -0.2) is 8.42 Å². The lowest BCUT2D eigenvalue weighted by atomic mass is 10.1. The summed E-state index contributed by atoms with van der Waals surface area (Å²) in [5.74, 6) is 0.757. The molecule has 0 spiro atoms. The molecule has 1 fully saturated rings. The monoisotopic (exact) mass is 543 g/mol. The van der Waals surface area contributed by atoms with Crippen molar-refractivity contribution in [2.45, 2.75) is 18.7 Å². The number of aryl methyl sites for hydroxylation is 1. The van der Waals surface area contributed by atoms with E-state index >= 15 is 0 Å². The van der Waals surface area contributed by atoms with E-state index in [1.165, 1.54) is 54.3 Å².